The molecule has 2 heterocycles. The quantitative estimate of drug-likeness (QED) is 0.792. The van der Waals surface area contributed by atoms with Crippen molar-refractivity contribution in [1.29, 1.82) is 0 Å². The van der Waals surface area contributed by atoms with Gasteiger partial charge in [0.15, 0.2) is 0 Å². The Bertz CT molecular complexity index is 632. The Kier molecular flexibility index (Phi) is 3.24. The minimum Gasteiger partial charge on any atom is -0.353 e. The summed E-state index contributed by atoms with van der Waals surface area (Å²) in [4.78, 5) is 0. The summed E-state index contributed by atoms with van der Waals surface area (Å²) in [6, 6.07) is 10.2. The van der Waals surface area contributed by atoms with Crippen LogP contribution in [-0.2, 0) is 0 Å². The Labute approximate surface area is 114 Å². The first kappa shape index (κ1) is 11.9. The van der Waals surface area contributed by atoms with Gasteiger partial charge in [-0.25, -0.2) is 4.68 Å². The molecule has 0 radical (unpaired) electrons. The number of hydrogen-bond donors (Lipinski definition) is 1. The molecule has 6 heteroatoms. The van der Waals surface area contributed by atoms with Gasteiger partial charge in [-0.05, 0) is 19.1 Å². The summed E-state index contributed by atoms with van der Waals surface area (Å²) >= 11 is 1.49. The number of aromatic nitrogens is 4. The highest BCUT2D eigenvalue weighted by atomic mass is 32.1. The highest BCUT2D eigenvalue weighted by molar-refractivity contribution is 7.13. The van der Waals surface area contributed by atoms with Crippen molar-refractivity contribution >= 4 is 16.5 Å². The van der Waals surface area contributed by atoms with Gasteiger partial charge in [0.1, 0.15) is 5.51 Å². The Morgan fingerprint density at radius 2 is 2.11 bits per heavy atom. The number of rotatable bonds is 4. The molecule has 96 valence electrons. The second kappa shape index (κ2) is 5.19. The van der Waals surface area contributed by atoms with E-state index in [1.807, 2.05) is 47.4 Å². The normalized spacial score (nSPS) is 12.3. The van der Waals surface area contributed by atoms with Crippen LogP contribution in [0, 0.1) is 0 Å². The van der Waals surface area contributed by atoms with Crippen molar-refractivity contribution in [1.82, 2.24) is 20.0 Å². The predicted octanol–water partition coefficient (Wildman–Crippen LogP) is 2.90. The van der Waals surface area contributed by atoms with Crippen molar-refractivity contribution in [3.63, 3.8) is 0 Å². The minimum absolute atomic E-state index is 0.144. The van der Waals surface area contributed by atoms with Crippen LogP contribution in [0.25, 0.3) is 5.69 Å². The average molecular weight is 271 g/mol. The van der Waals surface area contributed by atoms with Crippen molar-refractivity contribution in [2.45, 2.75) is 13.0 Å². The fourth-order valence-corrected chi connectivity index (χ4v) is 2.32. The van der Waals surface area contributed by atoms with Crippen LogP contribution in [0.5, 0.6) is 0 Å². The van der Waals surface area contributed by atoms with Crippen LogP contribution in [-0.4, -0.2) is 20.0 Å². The third-order valence-corrected chi connectivity index (χ3v) is 3.45. The number of nitrogens with zero attached hydrogens (tertiary/aromatic N) is 4. The van der Waals surface area contributed by atoms with E-state index in [-0.39, 0.29) is 6.04 Å². The van der Waals surface area contributed by atoms with Gasteiger partial charge in [-0.15, -0.1) is 10.2 Å². The van der Waals surface area contributed by atoms with Crippen molar-refractivity contribution in [3.8, 4) is 5.69 Å². The maximum absolute atomic E-state index is 4.38. The Balaban J connectivity index is 1.78. The van der Waals surface area contributed by atoms with Gasteiger partial charge in [-0.2, -0.15) is 5.10 Å². The molecule has 0 amide bonds. The lowest BCUT2D eigenvalue weighted by Crippen LogP contribution is -2.05. The van der Waals surface area contributed by atoms with Crippen LogP contribution in [0.1, 0.15) is 18.5 Å². The Morgan fingerprint density at radius 1 is 1.26 bits per heavy atom. The number of hydrogen-bond acceptors (Lipinski definition) is 5. The van der Waals surface area contributed by atoms with Crippen LogP contribution in [0.4, 0.5) is 5.13 Å². The van der Waals surface area contributed by atoms with E-state index in [9.17, 15) is 0 Å². The fraction of sp³-hybridized carbons (Fsp3) is 0.154. The number of para-hydroxylation sites is 1. The zero-order chi connectivity index (χ0) is 13.1. The molecule has 3 rings (SSSR count). The Hall–Kier alpha value is -2.21. The van der Waals surface area contributed by atoms with Gasteiger partial charge in [-0.3, -0.25) is 0 Å². The molecule has 5 nitrogen and oxygen atoms in total. The minimum atomic E-state index is 0.144. The number of nitrogens with one attached hydrogen (secondary N) is 1. The van der Waals surface area contributed by atoms with Gasteiger partial charge in [0, 0.05) is 11.8 Å². The summed E-state index contributed by atoms with van der Waals surface area (Å²) < 4.78 is 1.87. The molecule has 1 aromatic carbocycles. The van der Waals surface area contributed by atoms with E-state index in [4.69, 9.17) is 0 Å². The third-order valence-electron chi connectivity index (χ3n) is 2.82. The topological polar surface area (TPSA) is 55.6 Å². The highest BCUT2D eigenvalue weighted by Crippen LogP contribution is 2.20. The zero-order valence-electron chi connectivity index (χ0n) is 10.4. The molecular weight excluding hydrogens is 258 g/mol. The molecule has 0 aliphatic heterocycles. The largest absolute Gasteiger partial charge is 0.353 e. The molecule has 0 bridgehead atoms. The van der Waals surface area contributed by atoms with E-state index in [2.05, 4.69) is 27.5 Å². The van der Waals surface area contributed by atoms with Crippen LogP contribution < -0.4 is 5.32 Å². The molecule has 19 heavy (non-hydrogen) atoms. The van der Waals surface area contributed by atoms with Crippen LogP contribution in [0.15, 0.2) is 48.2 Å². The average Bonchev–Trinajstić information content (AvgIpc) is 3.10. The molecule has 0 aliphatic rings. The first-order valence-electron chi connectivity index (χ1n) is 5.95. The van der Waals surface area contributed by atoms with Crippen LogP contribution >= 0.6 is 11.3 Å². The van der Waals surface area contributed by atoms with Crippen molar-refractivity contribution < 1.29 is 0 Å². The van der Waals surface area contributed by atoms with Gasteiger partial charge in [-0.1, -0.05) is 29.5 Å². The standard InChI is InChI=1S/C13H13N5S/c1-10(16-13-17-14-9-19-13)11-7-15-18(8-11)12-5-3-2-4-6-12/h2-10H,1H3,(H,16,17). The molecule has 3 aromatic rings. The molecule has 1 atom stereocenters. The van der Waals surface area contributed by atoms with Gasteiger partial charge in [0.2, 0.25) is 5.13 Å². The first-order valence-corrected chi connectivity index (χ1v) is 6.83. The molecular formula is C13H13N5S. The molecule has 1 N–H and O–H groups in total. The van der Waals surface area contributed by atoms with E-state index < -0.39 is 0 Å². The lowest BCUT2D eigenvalue weighted by Gasteiger charge is -2.09. The second-order valence-corrected chi connectivity index (χ2v) is 5.00. The van der Waals surface area contributed by atoms with Gasteiger partial charge >= 0.3 is 0 Å². The van der Waals surface area contributed by atoms with Crippen LogP contribution in [0.2, 0.25) is 0 Å². The van der Waals surface area contributed by atoms with Gasteiger partial charge in [0.25, 0.3) is 0 Å². The molecule has 0 saturated carbocycles. The number of anilines is 1. The predicted molar refractivity (Wildman–Crippen MR) is 75.5 cm³/mol. The summed E-state index contributed by atoms with van der Waals surface area (Å²) in [5.41, 5.74) is 3.87. The van der Waals surface area contributed by atoms with Crippen molar-refractivity contribution in [3.05, 3.63) is 53.8 Å². The first-order chi connectivity index (χ1) is 9.33. The summed E-state index contributed by atoms with van der Waals surface area (Å²) in [5, 5.41) is 16.3. The van der Waals surface area contributed by atoms with Crippen molar-refractivity contribution in [2.24, 2.45) is 0 Å². The summed E-state index contributed by atoms with van der Waals surface area (Å²) in [6.07, 6.45) is 3.89. The zero-order valence-corrected chi connectivity index (χ0v) is 11.2. The molecule has 0 spiro atoms. The summed E-state index contributed by atoms with van der Waals surface area (Å²) in [5.74, 6) is 0. The number of benzene rings is 1. The monoisotopic (exact) mass is 271 g/mol. The SMILES string of the molecule is CC(Nc1nncs1)c1cnn(-c2ccccc2)c1. The van der Waals surface area contributed by atoms with Gasteiger partial charge < -0.3 is 5.32 Å². The maximum atomic E-state index is 4.38. The Morgan fingerprint density at radius 3 is 2.84 bits per heavy atom. The fourth-order valence-electron chi connectivity index (χ4n) is 1.79. The van der Waals surface area contributed by atoms with Crippen LogP contribution in [0.3, 0.4) is 0 Å². The maximum Gasteiger partial charge on any atom is 0.205 e. The molecule has 0 fully saturated rings. The van der Waals surface area contributed by atoms with E-state index >= 15 is 0 Å². The van der Waals surface area contributed by atoms with E-state index in [0.29, 0.717) is 0 Å². The second-order valence-electron chi connectivity index (χ2n) is 4.16. The van der Waals surface area contributed by atoms with E-state index in [1.165, 1.54) is 11.3 Å². The lowest BCUT2D eigenvalue weighted by atomic mass is 10.2. The van der Waals surface area contributed by atoms with Gasteiger partial charge in [0.05, 0.1) is 17.9 Å². The molecule has 0 aliphatic carbocycles. The van der Waals surface area contributed by atoms with E-state index in [0.717, 1.165) is 16.4 Å². The summed E-state index contributed by atoms with van der Waals surface area (Å²) in [6.45, 7) is 2.08. The molecule has 0 saturated heterocycles. The third kappa shape index (κ3) is 2.63. The highest BCUT2D eigenvalue weighted by Gasteiger charge is 2.10. The molecule has 1 unspecified atom stereocenters. The van der Waals surface area contributed by atoms with E-state index in [1.54, 1.807) is 5.51 Å². The summed E-state index contributed by atoms with van der Waals surface area (Å²) in [7, 11) is 0. The lowest BCUT2D eigenvalue weighted by molar-refractivity contribution is 0.863. The van der Waals surface area contributed by atoms with Crippen molar-refractivity contribution in [2.75, 3.05) is 5.32 Å². The smallest absolute Gasteiger partial charge is 0.205 e. The molecule has 2 aromatic heterocycles.